The van der Waals surface area contributed by atoms with Gasteiger partial charge in [0.2, 0.25) is 5.91 Å². The summed E-state index contributed by atoms with van der Waals surface area (Å²) in [6.45, 7) is 1.86. The molecule has 86 valence electrons. The molecule has 0 aliphatic rings. The van der Waals surface area contributed by atoms with Crippen molar-refractivity contribution in [2.75, 3.05) is 12.0 Å². The number of hydrogen-bond acceptors (Lipinski definition) is 3. The van der Waals surface area contributed by atoms with E-state index in [1.54, 1.807) is 24.3 Å². The highest BCUT2D eigenvalue weighted by molar-refractivity contribution is 5.73. The predicted molar refractivity (Wildman–Crippen MR) is 61.9 cm³/mol. The molecule has 1 rings (SSSR count). The summed E-state index contributed by atoms with van der Waals surface area (Å²) in [5.41, 5.74) is 3.21. The van der Waals surface area contributed by atoms with E-state index in [1.165, 1.54) is 13.0 Å². The molecule has 0 bridgehead atoms. The van der Waals surface area contributed by atoms with Gasteiger partial charge in [0.15, 0.2) is 0 Å². The van der Waals surface area contributed by atoms with E-state index in [0.29, 0.717) is 12.1 Å². The molecule has 1 aromatic carbocycles. The second-order valence-electron chi connectivity index (χ2n) is 3.22. The standard InChI is InChI=1S/C11H14FN3O/c1-8(16)14-6-2-3-9-4-5-11(15-13)10(12)7-9/h2-5,7,15H,6,13H2,1H3,(H,14,16). The van der Waals surface area contributed by atoms with Gasteiger partial charge in [0.05, 0.1) is 5.69 Å². The number of nitrogens with one attached hydrogen (secondary N) is 2. The highest BCUT2D eigenvalue weighted by Gasteiger charge is 1.99. The zero-order chi connectivity index (χ0) is 12.0. The number of nitrogen functional groups attached to an aromatic ring is 1. The maximum Gasteiger partial charge on any atom is 0.217 e. The maximum absolute atomic E-state index is 13.2. The first-order valence-electron chi connectivity index (χ1n) is 4.80. The third kappa shape index (κ3) is 3.70. The number of halogens is 1. The van der Waals surface area contributed by atoms with Crippen molar-refractivity contribution in [2.24, 2.45) is 5.84 Å². The van der Waals surface area contributed by atoms with E-state index < -0.39 is 5.82 Å². The van der Waals surface area contributed by atoms with Gasteiger partial charge in [-0.25, -0.2) is 4.39 Å². The molecule has 0 aliphatic carbocycles. The molecule has 0 spiro atoms. The van der Waals surface area contributed by atoms with Gasteiger partial charge in [-0.05, 0) is 17.7 Å². The van der Waals surface area contributed by atoms with Crippen LogP contribution in [0, 0.1) is 5.82 Å². The lowest BCUT2D eigenvalue weighted by Gasteiger charge is -2.02. The van der Waals surface area contributed by atoms with E-state index in [1.807, 2.05) is 0 Å². The summed E-state index contributed by atoms with van der Waals surface area (Å²) in [6.07, 6.45) is 3.46. The average molecular weight is 223 g/mol. The molecule has 0 radical (unpaired) electrons. The third-order valence-corrected chi connectivity index (χ3v) is 1.93. The Bertz CT molecular complexity index is 404. The number of benzene rings is 1. The molecule has 0 saturated carbocycles. The van der Waals surface area contributed by atoms with Crippen LogP contribution in [0.4, 0.5) is 10.1 Å². The van der Waals surface area contributed by atoms with Crippen molar-refractivity contribution in [3.63, 3.8) is 0 Å². The van der Waals surface area contributed by atoms with Crippen LogP contribution < -0.4 is 16.6 Å². The molecule has 1 aromatic rings. The van der Waals surface area contributed by atoms with Gasteiger partial charge in [-0.2, -0.15) is 0 Å². The van der Waals surface area contributed by atoms with Gasteiger partial charge in [-0.15, -0.1) is 0 Å². The fraction of sp³-hybridized carbons (Fsp3) is 0.182. The molecule has 0 atom stereocenters. The van der Waals surface area contributed by atoms with Gasteiger partial charge in [-0.1, -0.05) is 18.2 Å². The molecule has 1 amide bonds. The molecule has 0 aliphatic heterocycles. The Morgan fingerprint density at radius 2 is 2.31 bits per heavy atom. The number of amides is 1. The Morgan fingerprint density at radius 3 is 2.88 bits per heavy atom. The Labute approximate surface area is 93.3 Å². The fourth-order valence-corrected chi connectivity index (χ4v) is 1.15. The van der Waals surface area contributed by atoms with E-state index in [0.717, 1.165) is 0 Å². The summed E-state index contributed by atoms with van der Waals surface area (Å²) in [5.74, 6) is 4.59. The average Bonchev–Trinajstić information content (AvgIpc) is 2.24. The number of anilines is 1. The quantitative estimate of drug-likeness (QED) is 0.531. The van der Waals surface area contributed by atoms with E-state index in [2.05, 4.69) is 10.7 Å². The molecular formula is C11H14FN3O. The van der Waals surface area contributed by atoms with Crippen LogP contribution in [0.3, 0.4) is 0 Å². The van der Waals surface area contributed by atoms with Crippen LogP contribution in [0.25, 0.3) is 6.08 Å². The van der Waals surface area contributed by atoms with Crippen LogP contribution in [0.5, 0.6) is 0 Å². The minimum absolute atomic E-state index is 0.0986. The Morgan fingerprint density at radius 1 is 1.56 bits per heavy atom. The van der Waals surface area contributed by atoms with E-state index in [4.69, 9.17) is 5.84 Å². The number of hydrogen-bond donors (Lipinski definition) is 3. The van der Waals surface area contributed by atoms with Crippen molar-refractivity contribution in [1.29, 1.82) is 0 Å². The first-order valence-corrected chi connectivity index (χ1v) is 4.80. The normalized spacial score (nSPS) is 10.4. The first kappa shape index (κ1) is 12.2. The van der Waals surface area contributed by atoms with E-state index in [-0.39, 0.29) is 11.6 Å². The third-order valence-electron chi connectivity index (χ3n) is 1.93. The van der Waals surface area contributed by atoms with E-state index >= 15 is 0 Å². The lowest BCUT2D eigenvalue weighted by molar-refractivity contribution is -0.118. The van der Waals surface area contributed by atoms with Crippen LogP contribution >= 0.6 is 0 Å². The van der Waals surface area contributed by atoms with Crippen molar-refractivity contribution in [3.8, 4) is 0 Å². The van der Waals surface area contributed by atoms with Gasteiger partial charge in [0.25, 0.3) is 0 Å². The highest BCUT2D eigenvalue weighted by atomic mass is 19.1. The van der Waals surface area contributed by atoms with Crippen LogP contribution in [-0.2, 0) is 4.79 Å². The van der Waals surface area contributed by atoms with Gasteiger partial charge in [0, 0.05) is 13.5 Å². The summed E-state index contributed by atoms with van der Waals surface area (Å²) in [7, 11) is 0. The lowest BCUT2D eigenvalue weighted by atomic mass is 10.2. The molecular weight excluding hydrogens is 209 g/mol. The minimum atomic E-state index is -0.413. The maximum atomic E-state index is 13.2. The second kappa shape index (κ2) is 5.87. The molecule has 5 heteroatoms. The van der Waals surface area contributed by atoms with Gasteiger partial charge >= 0.3 is 0 Å². The predicted octanol–water partition coefficient (Wildman–Crippen LogP) is 1.26. The minimum Gasteiger partial charge on any atom is -0.353 e. The van der Waals surface area contributed by atoms with Crippen LogP contribution in [0.15, 0.2) is 24.3 Å². The smallest absolute Gasteiger partial charge is 0.217 e. The summed E-state index contributed by atoms with van der Waals surface area (Å²) >= 11 is 0. The number of hydrazine groups is 1. The topological polar surface area (TPSA) is 67.2 Å². The molecule has 4 nitrogen and oxygen atoms in total. The monoisotopic (exact) mass is 223 g/mol. The fourth-order valence-electron chi connectivity index (χ4n) is 1.15. The summed E-state index contributed by atoms with van der Waals surface area (Å²) in [6, 6.07) is 4.63. The number of nitrogens with two attached hydrogens (primary N) is 1. The van der Waals surface area contributed by atoms with Crippen LogP contribution in [-0.4, -0.2) is 12.5 Å². The van der Waals surface area contributed by atoms with Gasteiger partial charge in [0.1, 0.15) is 5.82 Å². The lowest BCUT2D eigenvalue weighted by Crippen LogP contribution is -2.19. The largest absolute Gasteiger partial charge is 0.353 e. The van der Waals surface area contributed by atoms with Crippen molar-refractivity contribution in [3.05, 3.63) is 35.7 Å². The van der Waals surface area contributed by atoms with Crippen molar-refractivity contribution in [1.82, 2.24) is 5.32 Å². The Hall–Kier alpha value is -1.88. The van der Waals surface area contributed by atoms with Gasteiger partial charge in [-0.3, -0.25) is 10.6 Å². The summed E-state index contributed by atoms with van der Waals surface area (Å²) < 4.78 is 13.2. The number of rotatable bonds is 4. The van der Waals surface area contributed by atoms with Crippen molar-refractivity contribution < 1.29 is 9.18 Å². The zero-order valence-corrected chi connectivity index (χ0v) is 8.96. The highest BCUT2D eigenvalue weighted by Crippen LogP contribution is 2.15. The van der Waals surface area contributed by atoms with Gasteiger partial charge < -0.3 is 10.7 Å². The molecule has 16 heavy (non-hydrogen) atoms. The second-order valence-corrected chi connectivity index (χ2v) is 3.22. The number of carbonyl (C=O) groups excluding carboxylic acids is 1. The number of carbonyl (C=O) groups is 1. The van der Waals surface area contributed by atoms with Crippen LogP contribution in [0.1, 0.15) is 12.5 Å². The Balaban J connectivity index is 2.61. The molecule has 0 fully saturated rings. The van der Waals surface area contributed by atoms with Crippen LogP contribution in [0.2, 0.25) is 0 Å². The summed E-state index contributed by atoms with van der Waals surface area (Å²) in [4.78, 5) is 10.6. The van der Waals surface area contributed by atoms with Crippen molar-refractivity contribution >= 4 is 17.7 Å². The molecule has 0 saturated heterocycles. The van der Waals surface area contributed by atoms with E-state index in [9.17, 15) is 9.18 Å². The van der Waals surface area contributed by atoms with Crippen molar-refractivity contribution in [2.45, 2.75) is 6.92 Å². The first-order chi connectivity index (χ1) is 7.63. The SMILES string of the molecule is CC(=O)NCC=Cc1ccc(NN)c(F)c1. The molecule has 0 unspecified atom stereocenters. The summed E-state index contributed by atoms with van der Waals surface area (Å²) in [5, 5.41) is 2.60. The molecule has 4 N–H and O–H groups in total. The molecule has 0 heterocycles. The zero-order valence-electron chi connectivity index (χ0n) is 8.96. The molecule has 0 aromatic heterocycles. The Kier molecular flexibility index (Phi) is 4.47.